The van der Waals surface area contributed by atoms with Crippen molar-refractivity contribution >= 4 is 11.9 Å². The maximum absolute atomic E-state index is 12.0. The summed E-state index contributed by atoms with van der Waals surface area (Å²) in [6.45, 7) is 0.793. The van der Waals surface area contributed by atoms with Gasteiger partial charge in [0, 0.05) is 31.0 Å². The summed E-state index contributed by atoms with van der Waals surface area (Å²) >= 11 is 0. The van der Waals surface area contributed by atoms with Crippen LogP contribution < -0.4 is 14.6 Å². The number of likely N-dealkylation sites (tertiary alicyclic amines) is 1. The summed E-state index contributed by atoms with van der Waals surface area (Å²) in [5.74, 6) is -0.403. The standard InChI is InChI=1S/C15H19NO5/c1-20-12-3-2-4-13(9-12)21-10-14(17)16-7-5-11(6-8-16)15(18)19/h2-4,9,11H,5-8,10H2,1H3,(H,18,19)/p-1. The van der Waals surface area contributed by atoms with E-state index in [1.165, 1.54) is 0 Å². The average molecular weight is 292 g/mol. The zero-order valence-corrected chi connectivity index (χ0v) is 11.9. The van der Waals surface area contributed by atoms with Gasteiger partial charge in [0.2, 0.25) is 0 Å². The van der Waals surface area contributed by atoms with Gasteiger partial charge in [-0.1, -0.05) is 6.07 Å². The number of rotatable bonds is 5. The van der Waals surface area contributed by atoms with Crippen LogP contribution in [-0.2, 0) is 9.59 Å². The van der Waals surface area contributed by atoms with Gasteiger partial charge in [-0.2, -0.15) is 0 Å². The first-order valence-corrected chi connectivity index (χ1v) is 6.85. The molecule has 0 saturated carbocycles. The second-order valence-electron chi connectivity index (χ2n) is 4.94. The molecule has 0 aromatic heterocycles. The third-order valence-corrected chi connectivity index (χ3v) is 3.58. The van der Waals surface area contributed by atoms with Gasteiger partial charge in [0.1, 0.15) is 11.5 Å². The van der Waals surface area contributed by atoms with Crippen molar-refractivity contribution in [2.24, 2.45) is 5.92 Å². The number of benzene rings is 1. The first-order chi connectivity index (χ1) is 10.1. The van der Waals surface area contributed by atoms with E-state index in [0.29, 0.717) is 37.4 Å². The quantitative estimate of drug-likeness (QED) is 0.767. The number of aliphatic carboxylic acids is 1. The zero-order valence-electron chi connectivity index (χ0n) is 11.9. The monoisotopic (exact) mass is 292 g/mol. The molecule has 0 atom stereocenters. The number of carbonyl (C=O) groups excluding carboxylic acids is 2. The molecule has 0 spiro atoms. The highest BCUT2D eigenvalue weighted by Gasteiger charge is 2.23. The maximum atomic E-state index is 12.0. The minimum atomic E-state index is -1.03. The van der Waals surface area contributed by atoms with Crippen molar-refractivity contribution < 1.29 is 24.2 Å². The summed E-state index contributed by atoms with van der Waals surface area (Å²) in [4.78, 5) is 24.4. The first kappa shape index (κ1) is 15.2. The van der Waals surface area contributed by atoms with Crippen molar-refractivity contribution in [2.45, 2.75) is 12.8 Å². The fourth-order valence-corrected chi connectivity index (χ4v) is 2.29. The molecule has 0 N–H and O–H groups in total. The number of carbonyl (C=O) groups is 2. The van der Waals surface area contributed by atoms with Crippen LogP contribution in [0.3, 0.4) is 0 Å². The van der Waals surface area contributed by atoms with Crippen molar-refractivity contribution in [2.75, 3.05) is 26.8 Å². The van der Waals surface area contributed by atoms with E-state index in [-0.39, 0.29) is 12.5 Å². The zero-order chi connectivity index (χ0) is 15.2. The van der Waals surface area contributed by atoms with Gasteiger partial charge >= 0.3 is 0 Å². The van der Waals surface area contributed by atoms with Gasteiger partial charge in [0.15, 0.2) is 6.61 Å². The van der Waals surface area contributed by atoms with Crippen LogP contribution in [0.4, 0.5) is 0 Å². The molecule has 0 unspecified atom stereocenters. The van der Waals surface area contributed by atoms with E-state index in [2.05, 4.69) is 0 Å². The normalized spacial score (nSPS) is 15.6. The van der Waals surface area contributed by atoms with Crippen LogP contribution in [-0.4, -0.2) is 43.6 Å². The Kier molecular flexibility index (Phi) is 5.03. The van der Waals surface area contributed by atoms with Gasteiger partial charge in [-0.25, -0.2) is 0 Å². The van der Waals surface area contributed by atoms with Crippen LogP contribution in [0.15, 0.2) is 24.3 Å². The van der Waals surface area contributed by atoms with E-state index < -0.39 is 11.9 Å². The molecule has 1 aliphatic heterocycles. The van der Waals surface area contributed by atoms with E-state index in [4.69, 9.17) is 9.47 Å². The summed E-state index contributed by atoms with van der Waals surface area (Å²) in [5, 5.41) is 10.8. The second-order valence-corrected chi connectivity index (χ2v) is 4.94. The van der Waals surface area contributed by atoms with Crippen LogP contribution in [0.5, 0.6) is 11.5 Å². The molecule has 6 heteroatoms. The van der Waals surface area contributed by atoms with Crippen molar-refractivity contribution in [3.05, 3.63) is 24.3 Å². The van der Waals surface area contributed by atoms with E-state index in [1.807, 2.05) is 0 Å². The van der Waals surface area contributed by atoms with Gasteiger partial charge in [-0.15, -0.1) is 0 Å². The van der Waals surface area contributed by atoms with Gasteiger partial charge < -0.3 is 24.3 Å². The lowest BCUT2D eigenvalue weighted by Crippen LogP contribution is -2.45. The third-order valence-electron chi connectivity index (χ3n) is 3.58. The Labute approximate surface area is 123 Å². The highest BCUT2D eigenvalue weighted by molar-refractivity contribution is 5.78. The Balaban J connectivity index is 1.81. The molecule has 21 heavy (non-hydrogen) atoms. The van der Waals surface area contributed by atoms with Crippen LogP contribution in [0, 0.1) is 5.92 Å². The fourth-order valence-electron chi connectivity index (χ4n) is 2.29. The molecule has 1 fully saturated rings. The number of amides is 1. The van der Waals surface area contributed by atoms with Crippen LogP contribution in [0.1, 0.15) is 12.8 Å². The lowest BCUT2D eigenvalue weighted by atomic mass is 9.97. The smallest absolute Gasteiger partial charge is 0.260 e. The first-order valence-electron chi connectivity index (χ1n) is 6.85. The minimum absolute atomic E-state index is 0.0663. The molecule has 1 aromatic rings. The van der Waals surface area contributed by atoms with Gasteiger partial charge in [-0.05, 0) is 25.0 Å². The van der Waals surface area contributed by atoms with Crippen molar-refractivity contribution in [3.8, 4) is 11.5 Å². The number of hydrogen-bond donors (Lipinski definition) is 0. The molecule has 6 nitrogen and oxygen atoms in total. The van der Waals surface area contributed by atoms with Crippen molar-refractivity contribution in [1.82, 2.24) is 4.90 Å². The van der Waals surface area contributed by atoms with Gasteiger partial charge in [-0.3, -0.25) is 4.79 Å². The number of carboxylic acid groups (broad SMARTS) is 1. The number of carboxylic acids is 1. The predicted octanol–water partition coefficient (Wildman–Crippen LogP) is 0.0625. The molecule has 0 bridgehead atoms. The molecule has 1 saturated heterocycles. The number of piperidine rings is 1. The van der Waals surface area contributed by atoms with E-state index >= 15 is 0 Å². The molecular weight excluding hydrogens is 274 g/mol. The number of nitrogens with zero attached hydrogens (tertiary/aromatic N) is 1. The Bertz CT molecular complexity index is 509. The fraction of sp³-hybridized carbons (Fsp3) is 0.467. The lowest BCUT2D eigenvalue weighted by Gasteiger charge is -2.32. The summed E-state index contributed by atoms with van der Waals surface area (Å²) < 4.78 is 10.5. The van der Waals surface area contributed by atoms with E-state index in [0.717, 1.165) is 0 Å². The van der Waals surface area contributed by atoms with Crippen molar-refractivity contribution in [1.29, 1.82) is 0 Å². The Hall–Kier alpha value is -2.24. The molecule has 1 amide bonds. The Morgan fingerprint density at radius 2 is 1.95 bits per heavy atom. The molecule has 1 heterocycles. The maximum Gasteiger partial charge on any atom is 0.260 e. The SMILES string of the molecule is COc1cccc(OCC(=O)N2CCC(C(=O)[O-])CC2)c1. The molecule has 2 rings (SSSR count). The Morgan fingerprint density at radius 3 is 2.57 bits per heavy atom. The topological polar surface area (TPSA) is 78.9 Å². The number of ether oxygens (including phenoxy) is 2. The van der Waals surface area contributed by atoms with Gasteiger partial charge in [0.05, 0.1) is 7.11 Å². The molecule has 1 aromatic carbocycles. The molecule has 0 aliphatic carbocycles. The number of hydrogen-bond acceptors (Lipinski definition) is 5. The van der Waals surface area contributed by atoms with E-state index in [9.17, 15) is 14.7 Å². The average Bonchev–Trinajstić information content (AvgIpc) is 2.53. The minimum Gasteiger partial charge on any atom is -0.550 e. The second kappa shape index (κ2) is 6.97. The van der Waals surface area contributed by atoms with Crippen molar-refractivity contribution in [3.63, 3.8) is 0 Å². The largest absolute Gasteiger partial charge is 0.550 e. The third kappa shape index (κ3) is 4.11. The summed E-state index contributed by atoms with van der Waals surface area (Å²) in [6.07, 6.45) is 0.875. The Morgan fingerprint density at radius 1 is 1.29 bits per heavy atom. The molecular formula is C15H18NO5-. The van der Waals surface area contributed by atoms with Crippen LogP contribution in [0.2, 0.25) is 0 Å². The van der Waals surface area contributed by atoms with Gasteiger partial charge in [0.25, 0.3) is 5.91 Å². The summed E-state index contributed by atoms with van der Waals surface area (Å²) in [5.41, 5.74) is 0. The highest BCUT2D eigenvalue weighted by Crippen LogP contribution is 2.20. The highest BCUT2D eigenvalue weighted by atomic mass is 16.5. The molecule has 0 radical (unpaired) electrons. The molecule has 1 aliphatic rings. The van der Waals surface area contributed by atoms with Crippen LogP contribution in [0.25, 0.3) is 0 Å². The summed E-state index contributed by atoms with van der Waals surface area (Å²) in [6, 6.07) is 7.02. The summed E-state index contributed by atoms with van der Waals surface area (Å²) in [7, 11) is 1.56. The lowest BCUT2D eigenvalue weighted by molar-refractivity contribution is -0.312. The number of methoxy groups -OCH3 is 1. The predicted molar refractivity (Wildman–Crippen MR) is 72.8 cm³/mol. The van der Waals surface area contributed by atoms with Crippen LogP contribution >= 0.6 is 0 Å². The van der Waals surface area contributed by atoms with E-state index in [1.54, 1.807) is 36.3 Å². The molecule has 114 valence electrons.